The highest BCUT2D eigenvalue weighted by atomic mass is 15.1. The molecule has 0 saturated carbocycles. The lowest BCUT2D eigenvalue weighted by atomic mass is 9.74. The van der Waals surface area contributed by atoms with E-state index in [0.29, 0.717) is 0 Å². The van der Waals surface area contributed by atoms with Crippen LogP contribution in [0.1, 0.15) is 48.6 Å². The summed E-state index contributed by atoms with van der Waals surface area (Å²) in [6.45, 7) is 7.10. The van der Waals surface area contributed by atoms with E-state index in [1.54, 1.807) is 0 Å². The van der Waals surface area contributed by atoms with E-state index in [1.165, 1.54) is 66.9 Å². The van der Waals surface area contributed by atoms with Crippen molar-refractivity contribution in [1.82, 2.24) is 0 Å². The topological polar surface area (TPSA) is 3.24 Å². The minimum Gasteiger partial charge on any atom is -0.310 e. The maximum atomic E-state index is 2.44. The Labute approximate surface area is 283 Å². The molecule has 0 radical (unpaired) electrons. The second-order valence-corrected chi connectivity index (χ2v) is 13.9. The molecule has 1 atom stereocenters. The first-order valence-corrected chi connectivity index (χ1v) is 16.9. The molecule has 0 aromatic heterocycles. The van der Waals surface area contributed by atoms with Gasteiger partial charge in [-0.05, 0) is 105 Å². The van der Waals surface area contributed by atoms with Crippen LogP contribution < -0.4 is 4.90 Å². The monoisotopic (exact) mass is 615 g/mol. The molecule has 2 aliphatic carbocycles. The van der Waals surface area contributed by atoms with Crippen molar-refractivity contribution in [1.29, 1.82) is 0 Å². The summed E-state index contributed by atoms with van der Waals surface area (Å²) in [5, 5.41) is 0. The molecule has 230 valence electrons. The van der Waals surface area contributed by atoms with Crippen LogP contribution in [0.4, 0.5) is 17.1 Å². The Balaban J connectivity index is 1.23. The molecule has 7 aromatic rings. The quantitative estimate of drug-likeness (QED) is 0.186. The molecule has 1 heteroatoms. The first-order chi connectivity index (χ1) is 23.4. The average molecular weight is 616 g/mol. The molecule has 0 bridgehead atoms. The highest BCUT2D eigenvalue weighted by Gasteiger charge is 2.41. The molecule has 2 aliphatic rings. The summed E-state index contributed by atoms with van der Waals surface area (Å²) in [6.07, 6.45) is 0. The molecule has 0 amide bonds. The van der Waals surface area contributed by atoms with Crippen LogP contribution >= 0.6 is 0 Å². The van der Waals surface area contributed by atoms with Crippen LogP contribution in [0.15, 0.2) is 170 Å². The molecule has 0 saturated heterocycles. The molecule has 0 aliphatic heterocycles. The number of hydrogen-bond acceptors (Lipinski definition) is 1. The van der Waals surface area contributed by atoms with Crippen LogP contribution in [0.3, 0.4) is 0 Å². The predicted octanol–water partition coefficient (Wildman–Crippen LogP) is 12.5. The predicted molar refractivity (Wildman–Crippen MR) is 202 cm³/mol. The van der Waals surface area contributed by atoms with Gasteiger partial charge in [-0.25, -0.2) is 0 Å². The van der Waals surface area contributed by atoms with Crippen LogP contribution in [-0.2, 0) is 10.8 Å². The van der Waals surface area contributed by atoms with E-state index in [4.69, 9.17) is 0 Å². The second kappa shape index (κ2) is 10.7. The van der Waals surface area contributed by atoms with Crippen molar-refractivity contribution in [3.8, 4) is 33.4 Å². The molecular formula is C47H37N. The summed E-state index contributed by atoms with van der Waals surface area (Å²) in [5.41, 5.74) is 17.7. The first-order valence-electron chi connectivity index (χ1n) is 16.9. The van der Waals surface area contributed by atoms with Crippen molar-refractivity contribution in [2.45, 2.75) is 31.6 Å². The Bertz CT molecular complexity index is 2310. The molecule has 48 heavy (non-hydrogen) atoms. The van der Waals surface area contributed by atoms with Crippen LogP contribution in [0.25, 0.3) is 33.4 Å². The van der Waals surface area contributed by atoms with E-state index in [0.717, 1.165) is 11.4 Å². The van der Waals surface area contributed by atoms with Gasteiger partial charge in [-0.15, -0.1) is 0 Å². The van der Waals surface area contributed by atoms with E-state index in [1.807, 2.05) is 0 Å². The maximum Gasteiger partial charge on any atom is 0.0468 e. The zero-order chi connectivity index (χ0) is 32.5. The highest BCUT2D eigenvalue weighted by molar-refractivity contribution is 5.90. The van der Waals surface area contributed by atoms with Crippen molar-refractivity contribution in [2.24, 2.45) is 0 Å². The lowest BCUT2D eigenvalue weighted by Gasteiger charge is -2.30. The van der Waals surface area contributed by atoms with Gasteiger partial charge in [-0.3, -0.25) is 0 Å². The number of benzene rings is 7. The zero-order valence-corrected chi connectivity index (χ0v) is 27.6. The smallest absolute Gasteiger partial charge is 0.0468 e. The van der Waals surface area contributed by atoms with Gasteiger partial charge in [0.1, 0.15) is 0 Å². The Kier molecular flexibility index (Phi) is 6.36. The summed E-state index contributed by atoms with van der Waals surface area (Å²) >= 11 is 0. The minimum absolute atomic E-state index is 0.0842. The molecule has 0 N–H and O–H groups in total. The standard InChI is InChI=1S/C47H37N/c1-46(2)42-20-12-10-18-38(42)40-28-26-37(31-45(40)46)48(35-24-22-33(23-25-35)32-14-6-4-7-15-32)36-27-29-44-41(30-36)39-19-11-13-21-43(39)47(44,3)34-16-8-5-9-17-34/h4-31H,1-3H3. The summed E-state index contributed by atoms with van der Waals surface area (Å²) in [5.74, 6) is 0. The molecule has 0 spiro atoms. The van der Waals surface area contributed by atoms with Crippen LogP contribution in [0.5, 0.6) is 0 Å². The fourth-order valence-electron chi connectivity index (χ4n) is 8.42. The minimum atomic E-state index is -0.225. The Morgan fingerprint density at radius 1 is 0.354 bits per heavy atom. The van der Waals surface area contributed by atoms with Gasteiger partial charge in [0.2, 0.25) is 0 Å². The van der Waals surface area contributed by atoms with Gasteiger partial charge < -0.3 is 4.90 Å². The van der Waals surface area contributed by atoms with E-state index in [-0.39, 0.29) is 10.8 Å². The fourth-order valence-corrected chi connectivity index (χ4v) is 8.42. The zero-order valence-electron chi connectivity index (χ0n) is 27.6. The Morgan fingerprint density at radius 2 is 0.854 bits per heavy atom. The third kappa shape index (κ3) is 4.17. The second-order valence-electron chi connectivity index (χ2n) is 13.9. The van der Waals surface area contributed by atoms with Gasteiger partial charge in [0.25, 0.3) is 0 Å². The van der Waals surface area contributed by atoms with Gasteiger partial charge in [0.15, 0.2) is 0 Å². The summed E-state index contributed by atoms with van der Waals surface area (Å²) in [7, 11) is 0. The van der Waals surface area contributed by atoms with Crippen molar-refractivity contribution in [3.05, 3.63) is 198 Å². The summed E-state index contributed by atoms with van der Waals surface area (Å²) < 4.78 is 0. The average Bonchev–Trinajstić information content (AvgIpc) is 3.54. The molecule has 1 unspecified atom stereocenters. The van der Waals surface area contributed by atoms with E-state index in [2.05, 4.69) is 196 Å². The molecule has 0 fully saturated rings. The van der Waals surface area contributed by atoms with Gasteiger partial charge in [0, 0.05) is 27.9 Å². The number of nitrogens with zero attached hydrogens (tertiary/aromatic N) is 1. The molecule has 9 rings (SSSR count). The molecule has 0 heterocycles. The maximum absolute atomic E-state index is 2.44. The van der Waals surface area contributed by atoms with Gasteiger partial charge in [-0.1, -0.05) is 147 Å². The van der Waals surface area contributed by atoms with E-state index < -0.39 is 0 Å². The Morgan fingerprint density at radius 3 is 1.58 bits per heavy atom. The van der Waals surface area contributed by atoms with Crippen molar-refractivity contribution in [2.75, 3.05) is 4.90 Å². The van der Waals surface area contributed by atoms with Gasteiger partial charge in [0.05, 0.1) is 0 Å². The van der Waals surface area contributed by atoms with Crippen molar-refractivity contribution < 1.29 is 0 Å². The summed E-state index contributed by atoms with van der Waals surface area (Å²) in [6, 6.07) is 62.6. The van der Waals surface area contributed by atoms with Gasteiger partial charge >= 0.3 is 0 Å². The first kappa shape index (κ1) is 28.6. The van der Waals surface area contributed by atoms with E-state index in [9.17, 15) is 0 Å². The number of hydrogen-bond donors (Lipinski definition) is 0. The number of fused-ring (bicyclic) bond motifs is 6. The molecule has 7 aromatic carbocycles. The Hall–Kier alpha value is -5.66. The summed E-state index contributed by atoms with van der Waals surface area (Å²) in [4.78, 5) is 2.44. The van der Waals surface area contributed by atoms with Crippen LogP contribution in [0.2, 0.25) is 0 Å². The third-order valence-corrected chi connectivity index (χ3v) is 11.0. The van der Waals surface area contributed by atoms with Crippen molar-refractivity contribution in [3.63, 3.8) is 0 Å². The number of anilines is 3. The normalized spacial score (nSPS) is 16.5. The molecule has 1 nitrogen and oxygen atoms in total. The largest absolute Gasteiger partial charge is 0.310 e. The lowest BCUT2D eigenvalue weighted by Crippen LogP contribution is -2.22. The van der Waals surface area contributed by atoms with E-state index >= 15 is 0 Å². The highest BCUT2D eigenvalue weighted by Crippen LogP contribution is 2.55. The molecular weight excluding hydrogens is 579 g/mol. The SMILES string of the molecule is CC1(C)c2ccccc2-c2ccc(N(c3ccc(-c4ccccc4)cc3)c3ccc4c(c3)-c3ccccc3C4(C)c3ccccc3)cc21. The lowest BCUT2D eigenvalue weighted by molar-refractivity contribution is 0.660. The van der Waals surface area contributed by atoms with Crippen LogP contribution in [0, 0.1) is 0 Å². The van der Waals surface area contributed by atoms with Gasteiger partial charge in [-0.2, -0.15) is 0 Å². The van der Waals surface area contributed by atoms with Crippen LogP contribution in [-0.4, -0.2) is 0 Å². The number of rotatable bonds is 5. The fraction of sp³-hybridized carbons (Fsp3) is 0.106. The third-order valence-electron chi connectivity index (χ3n) is 11.0. The van der Waals surface area contributed by atoms with Crippen molar-refractivity contribution >= 4 is 17.1 Å².